The Morgan fingerprint density at radius 1 is 1.18 bits per heavy atom. The van der Waals surface area contributed by atoms with Gasteiger partial charge in [-0.05, 0) is 56.5 Å². The predicted molar refractivity (Wildman–Crippen MR) is 133 cm³/mol. The first-order valence-corrected chi connectivity index (χ1v) is 11.9. The van der Waals surface area contributed by atoms with Crippen LogP contribution in [0.3, 0.4) is 0 Å². The minimum Gasteiger partial charge on any atom is -0.495 e. The van der Waals surface area contributed by atoms with E-state index >= 15 is 0 Å². The molecular formula is C25H37ClN4O3. The number of hydrogen-bond donors (Lipinski definition) is 1. The molecule has 0 radical (unpaired) electrons. The number of carbonyl (C=O) groups is 1. The molecule has 1 fully saturated rings. The first-order chi connectivity index (χ1) is 15.5. The van der Waals surface area contributed by atoms with Crippen molar-refractivity contribution in [2.24, 2.45) is 5.92 Å². The third-order valence-corrected chi connectivity index (χ3v) is 5.67. The molecule has 1 amide bonds. The zero-order valence-corrected chi connectivity index (χ0v) is 21.4. The number of methoxy groups -OCH3 is 1. The summed E-state index contributed by atoms with van der Waals surface area (Å²) in [6.07, 6.45) is 4.12. The summed E-state index contributed by atoms with van der Waals surface area (Å²) < 4.78 is 10.8. The van der Waals surface area contributed by atoms with Crippen molar-refractivity contribution >= 4 is 23.4 Å². The SMILES string of the molecule is COc1ccc(C2=CC(CN3CCN(C(=O)OC(C)(C)C)CC3)=CN(CC(C)C)N2)cc1Cl. The van der Waals surface area contributed by atoms with Gasteiger partial charge in [0.15, 0.2) is 0 Å². The summed E-state index contributed by atoms with van der Waals surface area (Å²) in [7, 11) is 1.62. The summed E-state index contributed by atoms with van der Waals surface area (Å²) in [5, 5.41) is 2.73. The summed E-state index contributed by atoms with van der Waals surface area (Å²) in [6.45, 7) is 14.7. The third-order valence-electron chi connectivity index (χ3n) is 5.37. The molecule has 0 aromatic heterocycles. The van der Waals surface area contributed by atoms with Crippen LogP contribution >= 0.6 is 11.6 Å². The van der Waals surface area contributed by atoms with Crippen LogP contribution < -0.4 is 10.2 Å². The Balaban J connectivity index is 1.69. The standard InChI is InChI=1S/C25H37ClN4O3/c1-18(2)15-30-17-19(13-22(27-30)20-7-8-23(32-6)21(26)14-20)16-28-9-11-29(12-10-28)24(31)33-25(3,4)5/h7-8,13-14,17-18,27H,9-12,15-16H2,1-6H3. The zero-order chi connectivity index (χ0) is 24.2. The molecule has 0 bridgehead atoms. The topological polar surface area (TPSA) is 57.3 Å². The van der Waals surface area contributed by atoms with E-state index in [1.54, 1.807) is 12.0 Å². The number of ether oxygens (including phenoxy) is 2. The highest BCUT2D eigenvalue weighted by atomic mass is 35.5. The summed E-state index contributed by atoms with van der Waals surface area (Å²) in [6, 6.07) is 5.83. The summed E-state index contributed by atoms with van der Waals surface area (Å²) in [5.74, 6) is 1.17. The number of hydrogen-bond acceptors (Lipinski definition) is 6. The van der Waals surface area contributed by atoms with Crippen LogP contribution in [0.2, 0.25) is 5.02 Å². The van der Waals surface area contributed by atoms with Crippen molar-refractivity contribution in [2.75, 3.05) is 46.4 Å². The van der Waals surface area contributed by atoms with Crippen LogP contribution in [0, 0.1) is 5.92 Å². The van der Waals surface area contributed by atoms with E-state index in [2.05, 4.69) is 41.5 Å². The van der Waals surface area contributed by atoms with E-state index in [1.165, 1.54) is 5.57 Å². The fourth-order valence-corrected chi connectivity index (χ4v) is 4.13. The Morgan fingerprint density at radius 3 is 2.45 bits per heavy atom. The highest BCUT2D eigenvalue weighted by molar-refractivity contribution is 6.32. The number of amides is 1. The van der Waals surface area contributed by atoms with Gasteiger partial charge in [-0.1, -0.05) is 25.4 Å². The lowest BCUT2D eigenvalue weighted by Crippen LogP contribution is -2.50. The lowest BCUT2D eigenvalue weighted by Gasteiger charge is -2.37. The molecule has 0 aliphatic carbocycles. The maximum atomic E-state index is 12.4. The van der Waals surface area contributed by atoms with Crippen LogP contribution in [-0.4, -0.2) is 72.9 Å². The number of benzene rings is 1. The van der Waals surface area contributed by atoms with Gasteiger partial charge in [-0.3, -0.25) is 15.3 Å². The van der Waals surface area contributed by atoms with Crippen molar-refractivity contribution in [1.29, 1.82) is 0 Å². The van der Waals surface area contributed by atoms with E-state index < -0.39 is 5.60 Å². The molecule has 182 valence electrons. The summed E-state index contributed by atoms with van der Waals surface area (Å²) in [4.78, 5) is 16.5. The molecule has 0 spiro atoms. The van der Waals surface area contributed by atoms with Crippen molar-refractivity contribution in [3.8, 4) is 5.75 Å². The van der Waals surface area contributed by atoms with E-state index in [0.29, 0.717) is 29.8 Å². The number of hydrazine groups is 1. The number of nitrogens with zero attached hydrogens (tertiary/aromatic N) is 3. The molecule has 1 saturated heterocycles. The average Bonchev–Trinajstić information content (AvgIpc) is 2.72. The Hall–Kier alpha value is -2.38. The van der Waals surface area contributed by atoms with Gasteiger partial charge >= 0.3 is 6.09 Å². The quantitative estimate of drug-likeness (QED) is 0.647. The van der Waals surface area contributed by atoms with Crippen molar-refractivity contribution < 1.29 is 14.3 Å². The molecule has 2 aliphatic rings. The van der Waals surface area contributed by atoms with Gasteiger partial charge < -0.3 is 14.4 Å². The summed E-state index contributed by atoms with van der Waals surface area (Å²) >= 11 is 6.38. The number of nitrogens with one attached hydrogen (secondary N) is 1. The van der Waals surface area contributed by atoms with E-state index in [-0.39, 0.29) is 6.09 Å². The molecule has 33 heavy (non-hydrogen) atoms. The second-order valence-electron chi connectivity index (χ2n) is 10.0. The Labute approximate surface area is 202 Å². The highest BCUT2D eigenvalue weighted by Gasteiger charge is 2.26. The van der Waals surface area contributed by atoms with Gasteiger partial charge in [-0.15, -0.1) is 0 Å². The summed E-state index contributed by atoms with van der Waals surface area (Å²) in [5.41, 5.74) is 6.26. The molecule has 1 N–H and O–H groups in total. The van der Waals surface area contributed by atoms with Crippen LogP contribution in [0.1, 0.15) is 40.2 Å². The maximum Gasteiger partial charge on any atom is 0.410 e. The Morgan fingerprint density at radius 2 is 1.88 bits per heavy atom. The van der Waals surface area contributed by atoms with Crippen LogP contribution in [0.15, 0.2) is 36.0 Å². The second-order valence-corrected chi connectivity index (χ2v) is 10.4. The number of piperazine rings is 1. The molecule has 1 aromatic carbocycles. The largest absolute Gasteiger partial charge is 0.495 e. The van der Waals surface area contributed by atoms with Crippen molar-refractivity contribution in [3.05, 3.63) is 46.6 Å². The molecule has 0 saturated carbocycles. The van der Waals surface area contributed by atoms with Gasteiger partial charge in [0.05, 0.1) is 17.8 Å². The number of halogens is 1. The fourth-order valence-electron chi connectivity index (χ4n) is 3.88. The van der Waals surface area contributed by atoms with Gasteiger partial charge in [0.1, 0.15) is 11.4 Å². The van der Waals surface area contributed by atoms with E-state index in [4.69, 9.17) is 21.1 Å². The Bertz CT molecular complexity index is 899. The minimum atomic E-state index is -0.473. The smallest absolute Gasteiger partial charge is 0.410 e. The monoisotopic (exact) mass is 476 g/mol. The Kier molecular flexibility index (Phi) is 8.19. The fraction of sp³-hybridized carbons (Fsp3) is 0.560. The predicted octanol–water partition coefficient (Wildman–Crippen LogP) is 4.60. The van der Waals surface area contributed by atoms with Gasteiger partial charge in [0.25, 0.3) is 0 Å². The molecule has 0 unspecified atom stereocenters. The van der Waals surface area contributed by atoms with Gasteiger partial charge in [-0.25, -0.2) is 4.79 Å². The van der Waals surface area contributed by atoms with Crippen molar-refractivity contribution in [2.45, 2.75) is 40.2 Å². The number of rotatable bonds is 6. The maximum absolute atomic E-state index is 12.4. The number of carbonyl (C=O) groups excluding carboxylic acids is 1. The van der Waals surface area contributed by atoms with Gasteiger partial charge in [-0.2, -0.15) is 0 Å². The van der Waals surface area contributed by atoms with Crippen LogP contribution in [0.4, 0.5) is 4.79 Å². The van der Waals surface area contributed by atoms with E-state index in [9.17, 15) is 4.79 Å². The normalized spacial score (nSPS) is 17.5. The molecule has 0 atom stereocenters. The molecule has 8 heteroatoms. The second kappa shape index (κ2) is 10.7. The molecule has 7 nitrogen and oxygen atoms in total. The first-order valence-electron chi connectivity index (χ1n) is 11.5. The third kappa shape index (κ3) is 7.30. The van der Waals surface area contributed by atoms with Gasteiger partial charge in [0.2, 0.25) is 0 Å². The van der Waals surface area contributed by atoms with Crippen LogP contribution in [-0.2, 0) is 4.74 Å². The molecule has 3 rings (SSSR count). The lowest BCUT2D eigenvalue weighted by atomic mass is 10.1. The van der Waals surface area contributed by atoms with Gasteiger partial charge in [0, 0.05) is 51.0 Å². The van der Waals surface area contributed by atoms with Crippen LogP contribution in [0.25, 0.3) is 5.70 Å². The lowest BCUT2D eigenvalue weighted by molar-refractivity contribution is 0.0152. The highest BCUT2D eigenvalue weighted by Crippen LogP contribution is 2.29. The van der Waals surface area contributed by atoms with Crippen molar-refractivity contribution in [1.82, 2.24) is 20.2 Å². The molecule has 1 aromatic rings. The molecular weight excluding hydrogens is 440 g/mol. The molecule has 2 heterocycles. The zero-order valence-electron chi connectivity index (χ0n) is 20.7. The molecule has 2 aliphatic heterocycles. The first kappa shape index (κ1) is 25.2. The van der Waals surface area contributed by atoms with E-state index in [0.717, 1.165) is 37.4 Å². The van der Waals surface area contributed by atoms with E-state index in [1.807, 2.05) is 39.0 Å². The average molecular weight is 477 g/mol. The van der Waals surface area contributed by atoms with Crippen LogP contribution in [0.5, 0.6) is 5.75 Å². The van der Waals surface area contributed by atoms with Crippen molar-refractivity contribution in [3.63, 3.8) is 0 Å². The minimum absolute atomic E-state index is 0.232.